The maximum atomic E-state index is 8.75. The van der Waals surface area contributed by atoms with Crippen molar-refractivity contribution in [3.05, 3.63) is 64.7 Å². The van der Waals surface area contributed by atoms with Gasteiger partial charge >= 0.3 is 0 Å². The summed E-state index contributed by atoms with van der Waals surface area (Å²) in [7, 11) is 0. The first kappa shape index (κ1) is 15.7. The minimum absolute atomic E-state index is 0.120. The second-order valence-electron chi connectivity index (χ2n) is 5.03. The lowest BCUT2D eigenvalue weighted by atomic mass is 10.1. The summed E-state index contributed by atoms with van der Waals surface area (Å²) in [6, 6.07) is 14.9. The molecule has 2 aromatic carbocycles. The number of aliphatic hydroxyl groups is 1. The Morgan fingerprint density at radius 1 is 1.10 bits per heavy atom. The van der Waals surface area contributed by atoms with Crippen LogP contribution in [0, 0.1) is 25.7 Å². The zero-order valence-corrected chi connectivity index (χ0v) is 13.3. The molecule has 1 nitrogen and oxygen atoms in total. The fourth-order valence-electron chi connectivity index (χ4n) is 2.08. The molecule has 0 aliphatic rings. The van der Waals surface area contributed by atoms with Crippen LogP contribution in [-0.2, 0) is 5.75 Å². The monoisotopic (exact) mass is 296 g/mol. The first-order chi connectivity index (χ1) is 10.2. The maximum Gasteiger partial charge on any atom is 0.0540 e. The van der Waals surface area contributed by atoms with E-state index in [9.17, 15) is 0 Å². The molecule has 0 aliphatic heterocycles. The second-order valence-corrected chi connectivity index (χ2v) is 6.05. The Kier molecular flexibility index (Phi) is 5.92. The molecule has 0 heterocycles. The molecule has 0 fully saturated rings. The SMILES string of the molecule is Cc1ccc(SCc2cccc(C#CCCO)c2)c(C)c1. The molecular formula is C19H20OS. The zero-order chi connectivity index (χ0) is 15.1. The predicted molar refractivity (Wildman–Crippen MR) is 90.5 cm³/mol. The Morgan fingerprint density at radius 2 is 1.95 bits per heavy atom. The summed E-state index contributed by atoms with van der Waals surface area (Å²) in [4.78, 5) is 1.33. The van der Waals surface area contributed by atoms with Gasteiger partial charge in [-0.3, -0.25) is 0 Å². The topological polar surface area (TPSA) is 20.2 Å². The molecule has 0 unspecified atom stereocenters. The van der Waals surface area contributed by atoms with Crippen LogP contribution in [-0.4, -0.2) is 11.7 Å². The number of thioether (sulfide) groups is 1. The van der Waals surface area contributed by atoms with Crippen LogP contribution in [0.2, 0.25) is 0 Å². The Hall–Kier alpha value is -1.69. The summed E-state index contributed by atoms with van der Waals surface area (Å²) in [5, 5.41) is 8.75. The lowest BCUT2D eigenvalue weighted by Gasteiger charge is -2.07. The van der Waals surface area contributed by atoms with E-state index in [0.29, 0.717) is 6.42 Å². The van der Waals surface area contributed by atoms with E-state index in [-0.39, 0.29) is 6.61 Å². The van der Waals surface area contributed by atoms with Gasteiger partial charge in [0.05, 0.1) is 6.61 Å². The van der Waals surface area contributed by atoms with Gasteiger partial charge in [-0.25, -0.2) is 0 Å². The van der Waals surface area contributed by atoms with Gasteiger partial charge in [0.25, 0.3) is 0 Å². The summed E-state index contributed by atoms with van der Waals surface area (Å²) in [6.07, 6.45) is 0.529. The van der Waals surface area contributed by atoms with Crippen LogP contribution in [0.3, 0.4) is 0 Å². The van der Waals surface area contributed by atoms with Gasteiger partial charge < -0.3 is 5.11 Å². The Bertz CT molecular complexity index is 665. The van der Waals surface area contributed by atoms with Crippen molar-refractivity contribution in [3.63, 3.8) is 0 Å². The third-order valence-electron chi connectivity index (χ3n) is 3.12. The van der Waals surface area contributed by atoms with Crippen molar-refractivity contribution >= 4 is 11.8 Å². The standard InChI is InChI=1S/C19H20OS/c1-15-9-10-19(16(2)12-15)21-14-18-8-5-7-17(13-18)6-3-4-11-20/h5,7-10,12-13,20H,4,11,14H2,1-2H3. The lowest BCUT2D eigenvalue weighted by molar-refractivity contribution is 0.305. The van der Waals surface area contributed by atoms with E-state index < -0.39 is 0 Å². The van der Waals surface area contributed by atoms with E-state index in [4.69, 9.17) is 5.11 Å². The fraction of sp³-hybridized carbons (Fsp3) is 0.263. The molecule has 2 heteroatoms. The molecule has 0 amide bonds. The Morgan fingerprint density at radius 3 is 2.71 bits per heavy atom. The molecule has 0 atom stereocenters. The van der Waals surface area contributed by atoms with E-state index in [1.54, 1.807) is 0 Å². The van der Waals surface area contributed by atoms with Crippen LogP contribution in [0.4, 0.5) is 0 Å². The van der Waals surface area contributed by atoms with Crippen LogP contribution < -0.4 is 0 Å². The molecule has 0 spiro atoms. The van der Waals surface area contributed by atoms with E-state index >= 15 is 0 Å². The molecule has 21 heavy (non-hydrogen) atoms. The number of rotatable bonds is 4. The van der Waals surface area contributed by atoms with Crippen molar-refractivity contribution < 1.29 is 5.11 Å². The number of aliphatic hydroxyl groups excluding tert-OH is 1. The first-order valence-corrected chi connectivity index (χ1v) is 8.06. The van der Waals surface area contributed by atoms with E-state index in [0.717, 1.165) is 11.3 Å². The highest BCUT2D eigenvalue weighted by molar-refractivity contribution is 7.98. The smallest absolute Gasteiger partial charge is 0.0540 e. The van der Waals surface area contributed by atoms with Gasteiger partial charge in [-0.05, 0) is 43.2 Å². The lowest BCUT2D eigenvalue weighted by Crippen LogP contribution is -1.86. The molecule has 0 aliphatic carbocycles. The van der Waals surface area contributed by atoms with E-state index in [2.05, 4.69) is 56.0 Å². The average Bonchev–Trinajstić information content (AvgIpc) is 2.47. The molecule has 0 bridgehead atoms. The van der Waals surface area contributed by atoms with Gasteiger partial charge in [0, 0.05) is 22.6 Å². The molecule has 2 aromatic rings. The van der Waals surface area contributed by atoms with Gasteiger partial charge in [0.2, 0.25) is 0 Å². The summed E-state index contributed by atoms with van der Waals surface area (Å²) < 4.78 is 0. The highest BCUT2D eigenvalue weighted by Gasteiger charge is 2.01. The quantitative estimate of drug-likeness (QED) is 0.669. The summed E-state index contributed by atoms with van der Waals surface area (Å²) >= 11 is 1.86. The van der Waals surface area contributed by atoms with Crippen LogP contribution in [0.1, 0.15) is 28.7 Å². The van der Waals surface area contributed by atoms with Crippen molar-refractivity contribution in [2.75, 3.05) is 6.61 Å². The molecule has 108 valence electrons. The first-order valence-electron chi connectivity index (χ1n) is 7.08. The molecule has 0 radical (unpaired) electrons. The number of aryl methyl sites for hydroxylation is 2. The fourth-order valence-corrected chi connectivity index (χ4v) is 3.03. The molecule has 2 rings (SSSR count). The summed E-state index contributed by atoms with van der Waals surface area (Å²) in [6.45, 7) is 4.40. The summed E-state index contributed by atoms with van der Waals surface area (Å²) in [5.41, 5.74) is 4.93. The maximum absolute atomic E-state index is 8.75. The number of hydrogen-bond acceptors (Lipinski definition) is 2. The molecule has 0 saturated heterocycles. The summed E-state index contributed by atoms with van der Waals surface area (Å²) in [5.74, 6) is 6.99. The van der Waals surface area contributed by atoms with Gasteiger partial charge in [-0.15, -0.1) is 11.8 Å². The highest BCUT2D eigenvalue weighted by atomic mass is 32.2. The van der Waals surface area contributed by atoms with Crippen LogP contribution in [0.15, 0.2) is 47.4 Å². The minimum atomic E-state index is 0.120. The molecule has 0 saturated carbocycles. The van der Waals surface area contributed by atoms with Crippen molar-refractivity contribution in [1.29, 1.82) is 0 Å². The third-order valence-corrected chi connectivity index (χ3v) is 4.37. The van der Waals surface area contributed by atoms with Crippen LogP contribution >= 0.6 is 11.8 Å². The van der Waals surface area contributed by atoms with Crippen molar-refractivity contribution in [2.45, 2.75) is 30.9 Å². The number of benzene rings is 2. The second kappa shape index (κ2) is 7.93. The van der Waals surface area contributed by atoms with Crippen LogP contribution in [0.25, 0.3) is 0 Å². The van der Waals surface area contributed by atoms with Gasteiger partial charge in [-0.1, -0.05) is 41.7 Å². The van der Waals surface area contributed by atoms with Crippen LogP contribution in [0.5, 0.6) is 0 Å². The Labute approximate surface area is 131 Å². The third kappa shape index (κ3) is 4.97. The van der Waals surface area contributed by atoms with Gasteiger partial charge in [-0.2, -0.15) is 0 Å². The molecular weight excluding hydrogens is 276 g/mol. The Balaban J connectivity index is 2.03. The molecule has 0 aromatic heterocycles. The number of hydrogen-bond donors (Lipinski definition) is 1. The van der Waals surface area contributed by atoms with Gasteiger partial charge in [0.1, 0.15) is 0 Å². The predicted octanol–water partition coefficient (Wildman–Crippen LogP) is 4.33. The zero-order valence-electron chi connectivity index (χ0n) is 12.5. The van der Waals surface area contributed by atoms with E-state index in [1.165, 1.54) is 21.6 Å². The highest BCUT2D eigenvalue weighted by Crippen LogP contribution is 2.26. The molecule has 1 N–H and O–H groups in total. The normalized spacial score (nSPS) is 10.0. The van der Waals surface area contributed by atoms with Crippen molar-refractivity contribution in [2.24, 2.45) is 0 Å². The van der Waals surface area contributed by atoms with E-state index in [1.807, 2.05) is 23.9 Å². The van der Waals surface area contributed by atoms with Crippen molar-refractivity contribution in [3.8, 4) is 11.8 Å². The van der Waals surface area contributed by atoms with Crippen molar-refractivity contribution in [1.82, 2.24) is 0 Å². The minimum Gasteiger partial charge on any atom is -0.395 e. The average molecular weight is 296 g/mol. The largest absolute Gasteiger partial charge is 0.395 e. The van der Waals surface area contributed by atoms with Gasteiger partial charge in [0.15, 0.2) is 0 Å².